The van der Waals surface area contributed by atoms with Gasteiger partial charge in [-0.15, -0.1) is 0 Å². The number of aromatic nitrogens is 2. The summed E-state index contributed by atoms with van der Waals surface area (Å²) < 4.78 is 8.60. The summed E-state index contributed by atoms with van der Waals surface area (Å²) in [4.78, 5) is 12.4. The van der Waals surface area contributed by atoms with E-state index in [-0.39, 0.29) is 5.91 Å². The van der Waals surface area contributed by atoms with E-state index in [4.69, 9.17) is 4.74 Å². The second-order valence-electron chi connectivity index (χ2n) is 6.44. The molecule has 6 heteroatoms. The fourth-order valence-corrected chi connectivity index (χ4v) is 3.10. The van der Waals surface area contributed by atoms with Crippen LogP contribution >= 0.6 is 15.9 Å². The van der Waals surface area contributed by atoms with Crippen molar-refractivity contribution in [2.75, 3.05) is 6.54 Å². The maximum Gasteiger partial charge on any atom is 0.251 e. The van der Waals surface area contributed by atoms with Gasteiger partial charge in [-0.3, -0.25) is 9.48 Å². The van der Waals surface area contributed by atoms with E-state index in [1.165, 1.54) is 5.56 Å². The predicted molar refractivity (Wildman–Crippen MR) is 109 cm³/mol. The second-order valence-corrected chi connectivity index (χ2v) is 7.35. The molecule has 3 rings (SSSR count). The average Bonchev–Trinajstić information content (AvgIpc) is 3.06. The largest absolute Gasteiger partial charge is 0.489 e. The number of nitrogens with zero attached hydrogens (tertiary/aromatic N) is 2. The third-order valence-electron chi connectivity index (χ3n) is 4.14. The van der Waals surface area contributed by atoms with Crippen molar-refractivity contribution in [2.24, 2.45) is 0 Å². The van der Waals surface area contributed by atoms with Crippen molar-refractivity contribution in [3.63, 3.8) is 0 Å². The van der Waals surface area contributed by atoms with Crippen LogP contribution in [0.3, 0.4) is 0 Å². The fourth-order valence-electron chi connectivity index (χ4n) is 2.77. The van der Waals surface area contributed by atoms with Crippen LogP contribution < -0.4 is 10.1 Å². The van der Waals surface area contributed by atoms with Crippen LogP contribution in [0.4, 0.5) is 0 Å². The first-order valence-corrected chi connectivity index (χ1v) is 9.56. The molecule has 2 aromatic carbocycles. The minimum absolute atomic E-state index is 0.102. The molecular weight excluding hydrogens is 406 g/mol. The van der Waals surface area contributed by atoms with Crippen LogP contribution in [0.15, 0.2) is 59.3 Å². The summed E-state index contributed by atoms with van der Waals surface area (Å²) in [6, 6.07) is 13.6. The lowest BCUT2D eigenvalue weighted by molar-refractivity contribution is 0.0951. The lowest BCUT2D eigenvalue weighted by atomic mass is 10.1. The molecule has 0 saturated carbocycles. The molecule has 0 aliphatic rings. The van der Waals surface area contributed by atoms with Crippen molar-refractivity contribution in [1.29, 1.82) is 0 Å². The molecule has 0 atom stereocenters. The summed E-state index contributed by atoms with van der Waals surface area (Å²) in [7, 11) is 0. The number of nitrogens with one attached hydrogen (secondary N) is 1. The fraction of sp³-hybridized carbons (Fsp3) is 0.238. The molecule has 27 heavy (non-hydrogen) atoms. The van der Waals surface area contributed by atoms with Crippen molar-refractivity contribution < 1.29 is 9.53 Å². The molecule has 0 aliphatic heterocycles. The summed E-state index contributed by atoms with van der Waals surface area (Å²) in [5.74, 6) is 0.760. The van der Waals surface area contributed by atoms with Gasteiger partial charge in [0, 0.05) is 18.3 Å². The van der Waals surface area contributed by atoms with Crippen molar-refractivity contribution in [2.45, 2.75) is 27.0 Å². The van der Waals surface area contributed by atoms with Gasteiger partial charge in [0.15, 0.2) is 0 Å². The highest BCUT2D eigenvalue weighted by molar-refractivity contribution is 9.10. The van der Waals surface area contributed by atoms with Crippen molar-refractivity contribution in [3.05, 3.63) is 81.6 Å². The van der Waals surface area contributed by atoms with Crippen LogP contribution in [-0.2, 0) is 13.2 Å². The summed E-state index contributed by atoms with van der Waals surface area (Å²) in [6.07, 6.45) is 3.60. The van der Waals surface area contributed by atoms with Gasteiger partial charge in [-0.1, -0.05) is 29.8 Å². The van der Waals surface area contributed by atoms with Gasteiger partial charge in [0.25, 0.3) is 5.91 Å². The molecule has 1 heterocycles. The SMILES string of the molecule is Cc1ccc(OCc2cccc(C(=O)NCCn3cc(Br)cn3)c2)c(C)c1. The number of rotatable bonds is 7. The van der Waals surface area contributed by atoms with Gasteiger partial charge in [0.1, 0.15) is 12.4 Å². The molecule has 1 aromatic heterocycles. The van der Waals surface area contributed by atoms with Gasteiger partial charge in [-0.05, 0) is 59.1 Å². The molecule has 140 valence electrons. The highest BCUT2D eigenvalue weighted by Gasteiger charge is 2.07. The van der Waals surface area contributed by atoms with E-state index in [2.05, 4.69) is 39.3 Å². The number of carbonyl (C=O) groups is 1. The number of benzene rings is 2. The van der Waals surface area contributed by atoms with Gasteiger partial charge in [-0.25, -0.2) is 0 Å². The van der Waals surface area contributed by atoms with Crippen LogP contribution in [0.25, 0.3) is 0 Å². The molecule has 0 bridgehead atoms. The van der Waals surface area contributed by atoms with Crippen LogP contribution in [0, 0.1) is 13.8 Å². The Morgan fingerprint density at radius 2 is 2.07 bits per heavy atom. The van der Waals surface area contributed by atoms with Gasteiger partial charge in [-0.2, -0.15) is 5.10 Å². The molecule has 1 amide bonds. The zero-order chi connectivity index (χ0) is 19.2. The summed E-state index contributed by atoms with van der Waals surface area (Å²) in [5, 5.41) is 7.08. The molecule has 0 radical (unpaired) electrons. The van der Waals surface area contributed by atoms with Crippen molar-refractivity contribution >= 4 is 21.8 Å². The Bertz CT molecular complexity index is 937. The Balaban J connectivity index is 1.55. The topological polar surface area (TPSA) is 56.1 Å². The average molecular weight is 428 g/mol. The number of aryl methyl sites for hydroxylation is 2. The van der Waals surface area contributed by atoms with Crippen LogP contribution in [0.1, 0.15) is 27.0 Å². The molecular formula is C21H22BrN3O2. The van der Waals surface area contributed by atoms with Crippen molar-refractivity contribution in [3.8, 4) is 5.75 Å². The van der Waals surface area contributed by atoms with E-state index in [1.54, 1.807) is 16.9 Å². The smallest absolute Gasteiger partial charge is 0.251 e. The van der Waals surface area contributed by atoms with Gasteiger partial charge >= 0.3 is 0 Å². The molecule has 5 nitrogen and oxygen atoms in total. The van der Waals surface area contributed by atoms with Gasteiger partial charge in [0.2, 0.25) is 0 Å². The maximum atomic E-state index is 12.4. The number of carbonyl (C=O) groups excluding carboxylic acids is 1. The molecule has 1 N–H and O–H groups in total. The van der Waals surface area contributed by atoms with E-state index < -0.39 is 0 Å². The lowest BCUT2D eigenvalue weighted by Crippen LogP contribution is -2.27. The minimum Gasteiger partial charge on any atom is -0.489 e. The van der Waals surface area contributed by atoms with Crippen LogP contribution in [-0.4, -0.2) is 22.2 Å². The molecule has 0 fully saturated rings. The third-order valence-corrected chi connectivity index (χ3v) is 4.55. The summed E-state index contributed by atoms with van der Waals surface area (Å²) >= 11 is 3.35. The quantitative estimate of drug-likeness (QED) is 0.612. The Kier molecular flexibility index (Phi) is 6.29. The number of amides is 1. The van der Waals surface area contributed by atoms with E-state index in [0.717, 1.165) is 21.3 Å². The number of hydrogen-bond acceptors (Lipinski definition) is 3. The number of hydrogen-bond donors (Lipinski definition) is 1. The molecule has 3 aromatic rings. The number of ether oxygens (including phenoxy) is 1. The molecule has 0 unspecified atom stereocenters. The Hall–Kier alpha value is -2.60. The predicted octanol–water partition coefficient (Wildman–Crippen LogP) is 4.27. The standard InChI is InChI=1S/C21H22BrN3O2/c1-15-6-7-20(16(2)10-15)27-14-17-4-3-5-18(11-17)21(26)23-8-9-25-13-19(22)12-24-25/h3-7,10-13H,8-9,14H2,1-2H3,(H,23,26). The molecule has 0 spiro atoms. The van der Waals surface area contributed by atoms with Crippen molar-refractivity contribution in [1.82, 2.24) is 15.1 Å². The lowest BCUT2D eigenvalue weighted by Gasteiger charge is -2.11. The first kappa shape index (κ1) is 19.2. The zero-order valence-electron chi connectivity index (χ0n) is 15.4. The second kappa shape index (κ2) is 8.86. The van der Waals surface area contributed by atoms with E-state index in [0.29, 0.717) is 25.3 Å². The monoisotopic (exact) mass is 427 g/mol. The zero-order valence-corrected chi connectivity index (χ0v) is 17.0. The summed E-state index contributed by atoms with van der Waals surface area (Å²) in [5.41, 5.74) is 3.90. The Labute approximate surface area is 167 Å². The van der Waals surface area contributed by atoms with E-state index in [1.807, 2.05) is 43.5 Å². The normalized spacial score (nSPS) is 10.6. The minimum atomic E-state index is -0.102. The van der Waals surface area contributed by atoms with Gasteiger partial charge < -0.3 is 10.1 Å². The molecule has 0 saturated heterocycles. The van der Waals surface area contributed by atoms with E-state index in [9.17, 15) is 4.79 Å². The third kappa shape index (κ3) is 5.44. The number of halogens is 1. The Morgan fingerprint density at radius 1 is 1.22 bits per heavy atom. The first-order valence-electron chi connectivity index (χ1n) is 8.76. The van der Waals surface area contributed by atoms with Gasteiger partial charge in [0.05, 0.1) is 17.2 Å². The first-order chi connectivity index (χ1) is 13.0. The van der Waals surface area contributed by atoms with Crippen LogP contribution in [0.5, 0.6) is 5.75 Å². The van der Waals surface area contributed by atoms with E-state index >= 15 is 0 Å². The maximum absolute atomic E-state index is 12.4. The summed E-state index contributed by atoms with van der Waals surface area (Å²) in [6.45, 7) is 5.64. The highest BCUT2D eigenvalue weighted by Crippen LogP contribution is 2.20. The Morgan fingerprint density at radius 3 is 2.81 bits per heavy atom. The van der Waals surface area contributed by atoms with Crippen LogP contribution in [0.2, 0.25) is 0 Å². The molecule has 0 aliphatic carbocycles. The highest BCUT2D eigenvalue weighted by atomic mass is 79.9.